The largest absolute Gasteiger partial charge is 0.404 e. The molecule has 0 aromatic carbocycles. The van der Waals surface area contributed by atoms with E-state index < -0.39 is 4.92 Å². The van der Waals surface area contributed by atoms with E-state index in [0.29, 0.717) is 0 Å². The van der Waals surface area contributed by atoms with Crippen LogP contribution in [0.5, 0.6) is 0 Å². The van der Waals surface area contributed by atoms with Crippen molar-refractivity contribution >= 4 is 27.7 Å². The van der Waals surface area contributed by atoms with E-state index in [9.17, 15) is 14.9 Å². The highest BCUT2D eigenvalue weighted by Gasteiger charge is 2.19. The van der Waals surface area contributed by atoms with Crippen molar-refractivity contribution in [3.05, 3.63) is 20.8 Å². The number of nitrogens with zero attached hydrogens (tertiary/aromatic N) is 3. The second kappa shape index (κ2) is 4.18. The molecule has 0 atom stereocenters. The van der Waals surface area contributed by atoms with E-state index in [1.54, 1.807) is 0 Å². The Morgan fingerprint density at radius 3 is 2.93 bits per heavy atom. The number of halogens is 1. The van der Waals surface area contributed by atoms with Gasteiger partial charge >= 0.3 is 5.82 Å². The third kappa shape index (κ3) is 2.28. The molecule has 7 nitrogen and oxygen atoms in total. The van der Waals surface area contributed by atoms with Gasteiger partial charge in [0.25, 0.3) is 0 Å². The van der Waals surface area contributed by atoms with Gasteiger partial charge in [-0.2, -0.15) is 4.68 Å². The van der Waals surface area contributed by atoms with E-state index in [2.05, 4.69) is 26.3 Å². The van der Waals surface area contributed by atoms with Crippen LogP contribution in [0.15, 0.2) is 10.7 Å². The summed E-state index contributed by atoms with van der Waals surface area (Å²) in [5.41, 5.74) is 0. The van der Waals surface area contributed by atoms with Crippen LogP contribution < -0.4 is 5.32 Å². The zero-order valence-electron chi connectivity index (χ0n) is 7.23. The first-order valence-corrected chi connectivity index (χ1v) is 4.42. The van der Waals surface area contributed by atoms with Crippen molar-refractivity contribution in [3.8, 4) is 0 Å². The highest BCUT2D eigenvalue weighted by Crippen LogP contribution is 2.21. The molecule has 0 saturated heterocycles. The van der Waals surface area contributed by atoms with Crippen LogP contribution in [0.1, 0.15) is 0 Å². The van der Waals surface area contributed by atoms with Crippen molar-refractivity contribution in [2.75, 3.05) is 7.05 Å². The molecular formula is C6H7BrN4O3. The first kappa shape index (κ1) is 10.6. The Morgan fingerprint density at radius 2 is 2.50 bits per heavy atom. The highest BCUT2D eigenvalue weighted by molar-refractivity contribution is 9.10. The van der Waals surface area contributed by atoms with Crippen LogP contribution in [-0.4, -0.2) is 27.7 Å². The summed E-state index contributed by atoms with van der Waals surface area (Å²) in [6, 6.07) is 0. The summed E-state index contributed by atoms with van der Waals surface area (Å²) in [5, 5.41) is 16.4. The van der Waals surface area contributed by atoms with E-state index in [1.165, 1.54) is 17.9 Å². The van der Waals surface area contributed by atoms with Gasteiger partial charge in [-0.15, -0.1) is 0 Å². The average molecular weight is 263 g/mol. The third-order valence-corrected chi connectivity index (χ3v) is 2.02. The molecule has 0 bridgehead atoms. The molecule has 0 unspecified atom stereocenters. The molecule has 76 valence electrons. The van der Waals surface area contributed by atoms with E-state index in [0.717, 1.165) is 0 Å². The highest BCUT2D eigenvalue weighted by atomic mass is 79.9. The summed E-state index contributed by atoms with van der Waals surface area (Å²) in [5.74, 6) is -0.566. The Kier molecular flexibility index (Phi) is 3.18. The fraction of sp³-hybridized carbons (Fsp3) is 0.333. The molecule has 0 aliphatic carbocycles. The molecule has 0 spiro atoms. The summed E-state index contributed by atoms with van der Waals surface area (Å²) < 4.78 is 1.45. The molecule has 14 heavy (non-hydrogen) atoms. The molecule has 1 heterocycles. The number of amides is 1. The molecule has 0 aliphatic heterocycles. The standard InChI is InChI=1S/C6H7BrN4O3/c1-8-5(12)3-10-2-4(7)6(9-10)11(13)14/h2H,3H2,1H3,(H,8,12). The lowest BCUT2D eigenvalue weighted by Crippen LogP contribution is -2.23. The van der Waals surface area contributed by atoms with Crippen LogP contribution in [0.2, 0.25) is 0 Å². The molecule has 0 saturated carbocycles. The van der Waals surface area contributed by atoms with Crippen molar-refractivity contribution in [1.82, 2.24) is 15.1 Å². The molecule has 1 amide bonds. The van der Waals surface area contributed by atoms with Crippen molar-refractivity contribution in [1.29, 1.82) is 0 Å². The molecular weight excluding hydrogens is 256 g/mol. The predicted molar refractivity (Wildman–Crippen MR) is 50.6 cm³/mol. The Balaban J connectivity index is 2.86. The Hall–Kier alpha value is -1.44. The van der Waals surface area contributed by atoms with Gasteiger partial charge in [-0.05, 0) is 20.9 Å². The van der Waals surface area contributed by atoms with Gasteiger partial charge in [0, 0.05) is 7.05 Å². The first-order valence-electron chi connectivity index (χ1n) is 3.62. The normalized spacial score (nSPS) is 9.86. The fourth-order valence-electron chi connectivity index (χ4n) is 0.818. The quantitative estimate of drug-likeness (QED) is 0.627. The van der Waals surface area contributed by atoms with Gasteiger partial charge < -0.3 is 15.4 Å². The number of aromatic nitrogens is 2. The summed E-state index contributed by atoms with van der Waals surface area (Å²) in [4.78, 5) is 20.7. The van der Waals surface area contributed by atoms with Gasteiger partial charge in [0.1, 0.15) is 11.0 Å². The number of hydrogen-bond donors (Lipinski definition) is 1. The maximum Gasteiger partial charge on any atom is 0.404 e. The van der Waals surface area contributed by atoms with Gasteiger partial charge in [0.15, 0.2) is 0 Å². The number of likely N-dealkylation sites (N-methyl/N-ethyl adjacent to an activating group) is 1. The van der Waals surface area contributed by atoms with E-state index in [4.69, 9.17) is 0 Å². The molecule has 1 rings (SSSR count). The number of carbonyl (C=O) groups excluding carboxylic acids is 1. The number of nitrogens with one attached hydrogen (secondary N) is 1. The summed E-state index contributed by atoms with van der Waals surface area (Å²) in [6.07, 6.45) is 1.38. The molecule has 8 heteroatoms. The minimum atomic E-state index is -0.621. The average Bonchev–Trinajstić information content (AvgIpc) is 2.46. The minimum Gasteiger partial charge on any atom is -0.358 e. The van der Waals surface area contributed by atoms with E-state index in [1.807, 2.05) is 0 Å². The van der Waals surface area contributed by atoms with E-state index in [-0.39, 0.29) is 22.7 Å². The number of hydrogen-bond acceptors (Lipinski definition) is 4. The Bertz CT molecular complexity index is 375. The summed E-state index contributed by atoms with van der Waals surface area (Å²) >= 11 is 2.97. The number of nitro groups is 1. The van der Waals surface area contributed by atoms with Crippen LogP contribution in [0.25, 0.3) is 0 Å². The zero-order valence-corrected chi connectivity index (χ0v) is 8.81. The van der Waals surface area contributed by atoms with Crippen LogP contribution in [0.4, 0.5) is 5.82 Å². The Labute approximate surface area is 87.4 Å². The Morgan fingerprint density at radius 1 is 1.86 bits per heavy atom. The first-order chi connectivity index (χ1) is 6.54. The van der Waals surface area contributed by atoms with Gasteiger partial charge in [0.05, 0.1) is 11.3 Å². The lowest BCUT2D eigenvalue weighted by Gasteiger charge is -1.94. The van der Waals surface area contributed by atoms with Crippen LogP contribution in [0, 0.1) is 10.1 Å². The fourth-order valence-corrected chi connectivity index (χ4v) is 1.28. The lowest BCUT2D eigenvalue weighted by molar-refractivity contribution is -0.390. The molecule has 0 aliphatic rings. The second-order valence-corrected chi connectivity index (χ2v) is 3.28. The lowest BCUT2D eigenvalue weighted by atomic mass is 10.6. The predicted octanol–water partition coefficient (Wildman–Crippen LogP) is 0.300. The van der Waals surface area contributed by atoms with Gasteiger partial charge in [-0.25, -0.2) is 0 Å². The van der Waals surface area contributed by atoms with Crippen molar-refractivity contribution in [3.63, 3.8) is 0 Å². The summed E-state index contributed by atoms with van der Waals surface area (Å²) in [7, 11) is 1.48. The maximum atomic E-state index is 10.9. The topological polar surface area (TPSA) is 90.1 Å². The van der Waals surface area contributed by atoms with Crippen molar-refractivity contribution in [2.45, 2.75) is 6.54 Å². The van der Waals surface area contributed by atoms with Crippen molar-refractivity contribution < 1.29 is 9.72 Å². The number of carbonyl (C=O) groups is 1. The number of rotatable bonds is 3. The SMILES string of the molecule is CNC(=O)Cn1cc(Br)c([N+](=O)[O-])n1. The third-order valence-electron chi connectivity index (χ3n) is 1.46. The molecule has 0 radical (unpaired) electrons. The van der Waals surface area contributed by atoms with Crippen LogP contribution in [0.3, 0.4) is 0 Å². The second-order valence-electron chi connectivity index (χ2n) is 2.43. The molecule has 1 N–H and O–H groups in total. The van der Waals surface area contributed by atoms with Gasteiger partial charge in [-0.3, -0.25) is 4.79 Å². The van der Waals surface area contributed by atoms with Crippen LogP contribution >= 0.6 is 15.9 Å². The molecule has 1 aromatic rings. The summed E-state index contributed by atoms with van der Waals surface area (Å²) in [6.45, 7) is -0.0388. The smallest absolute Gasteiger partial charge is 0.358 e. The minimum absolute atomic E-state index is 0.0388. The van der Waals surface area contributed by atoms with Crippen LogP contribution in [-0.2, 0) is 11.3 Å². The molecule has 1 aromatic heterocycles. The monoisotopic (exact) mass is 262 g/mol. The maximum absolute atomic E-state index is 10.9. The molecule has 0 fully saturated rings. The zero-order chi connectivity index (χ0) is 10.7. The van der Waals surface area contributed by atoms with E-state index >= 15 is 0 Å². The van der Waals surface area contributed by atoms with Gasteiger partial charge in [0.2, 0.25) is 5.91 Å². The van der Waals surface area contributed by atoms with Crippen molar-refractivity contribution in [2.24, 2.45) is 0 Å². The van der Waals surface area contributed by atoms with Gasteiger partial charge in [-0.1, -0.05) is 0 Å².